The van der Waals surface area contributed by atoms with Crippen molar-refractivity contribution in [1.29, 1.82) is 0 Å². The third-order valence-corrected chi connectivity index (χ3v) is 3.54. The Kier molecular flexibility index (Phi) is 3.13. The van der Waals surface area contributed by atoms with E-state index in [1.165, 1.54) is 19.1 Å². The van der Waals surface area contributed by atoms with Gasteiger partial charge in [0.15, 0.2) is 11.6 Å². The smallest absolute Gasteiger partial charge is 0.307 e. The summed E-state index contributed by atoms with van der Waals surface area (Å²) in [6.45, 7) is 1.49. The summed E-state index contributed by atoms with van der Waals surface area (Å²) in [4.78, 5) is 11.0. The van der Waals surface area contributed by atoms with Crippen molar-refractivity contribution in [3.63, 3.8) is 0 Å². The second kappa shape index (κ2) is 4.43. The van der Waals surface area contributed by atoms with Crippen molar-refractivity contribution in [1.82, 2.24) is 0 Å². The number of carboxylic acids is 1. The Balaban J connectivity index is 2.40. The first-order valence-corrected chi connectivity index (χ1v) is 5.69. The van der Waals surface area contributed by atoms with Crippen LogP contribution < -0.4 is 0 Å². The molecule has 92 valence electrons. The number of aryl methyl sites for hydroxylation is 1. The lowest BCUT2D eigenvalue weighted by Gasteiger charge is -2.17. The van der Waals surface area contributed by atoms with Gasteiger partial charge in [0.05, 0.1) is 5.92 Å². The molecule has 1 aromatic rings. The molecule has 2 rings (SSSR count). The molecule has 17 heavy (non-hydrogen) atoms. The summed E-state index contributed by atoms with van der Waals surface area (Å²) in [7, 11) is 0. The number of aliphatic carboxylic acids is 1. The van der Waals surface area contributed by atoms with Gasteiger partial charge in [0, 0.05) is 5.92 Å². The van der Waals surface area contributed by atoms with Crippen LogP contribution in [0.15, 0.2) is 12.1 Å². The number of benzene rings is 1. The van der Waals surface area contributed by atoms with Gasteiger partial charge in [-0.05, 0) is 30.9 Å². The molecule has 1 aromatic carbocycles. The SMILES string of the molecule is Cc1ccc(C2CCCC2C(=O)O)c(F)c1F. The fraction of sp³-hybridized carbons (Fsp3) is 0.462. The van der Waals surface area contributed by atoms with E-state index in [9.17, 15) is 13.6 Å². The van der Waals surface area contributed by atoms with E-state index < -0.39 is 29.4 Å². The fourth-order valence-corrected chi connectivity index (χ4v) is 2.58. The summed E-state index contributed by atoms with van der Waals surface area (Å²) in [6.07, 6.45) is 1.89. The molecule has 0 radical (unpaired) electrons. The molecule has 1 aliphatic rings. The lowest BCUT2D eigenvalue weighted by Crippen LogP contribution is -2.18. The summed E-state index contributed by atoms with van der Waals surface area (Å²) >= 11 is 0. The zero-order valence-electron chi connectivity index (χ0n) is 9.54. The van der Waals surface area contributed by atoms with Gasteiger partial charge in [-0.3, -0.25) is 4.79 Å². The minimum absolute atomic E-state index is 0.206. The van der Waals surface area contributed by atoms with Gasteiger partial charge >= 0.3 is 5.97 Å². The number of hydrogen-bond acceptors (Lipinski definition) is 1. The van der Waals surface area contributed by atoms with Gasteiger partial charge in [0.25, 0.3) is 0 Å². The summed E-state index contributed by atoms with van der Waals surface area (Å²) in [6, 6.07) is 3.02. The minimum atomic E-state index is -0.923. The van der Waals surface area contributed by atoms with E-state index in [2.05, 4.69) is 0 Å². The average molecular weight is 240 g/mol. The normalized spacial score (nSPS) is 23.9. The van der Waals surface area contributed by atoms with Crippen LogP contribution in [0.2, 0.25) is 0 Å². The first-order chi connectivity index (χ1) is 8.02. The maximum Gasteiger partial charge on any atom is 0.307 e. The molecule has 0 aromatic heterocycles. The predicted molar refractivity (Wildman–Crippen MR) is 58.8 cm³/mol. The highest BCUT2D eigenvalue weighted by Gasteiger charge is 2.36. The van der Waals surface area contributed by atoms with Crippen LogP contribution in [-0.2, 0) is 4.79 Å². The Morgan fingerprint density at radius 3 is 2.65 bits per heavy atom. The number of halogens is 2. The number of carbonyl (C=O) groups is 1. The second-order valence-corrected chi connectivity index (χ2v) is 4.58. The number of carboxylic acid groups (broad SMARTS) is 1. The molecule has 2 nitrogen and oxygen atoms in total. The molecule has 1 saturated carbocycles. The second-order valence-electron chi connectivity index (χ2n) is 4.58. The monoisotopic (exact) mass is 240 g/mol. The Morgan fingerprint density at radius 1 is 1.29 bits per heavy atom. The molecular weight excluding hydrogens is 226 g/mol. The van der Waals surface area contributed by atoms with Crippen molar-refractivity contribution in [2.75, 3.05) is 0 Å². The standard InChI is InChI=1S/C13H14F2O2/c1-7-5-6-9(12(15)11(7)14)8-3-2-4-10(8)13(16)17/h5-6,8,10H,2-4H2,1H3,(H,16,17). The molecule has 2 atom stereocenters. The molecular formula is C13H14F2O2. The van der Waals surface area contributed by atoms with Crippen molar-refractivity contribution in [2.24, 2.45) is 5.92 Å². The zero-order chi connectivity index (χ0) is 12.6. The lowest BCUT2D eigenvalue weighted by atomic mass is 9.88. The van der Waals surface area contributed by atoms with E-state index >= 15 is 0 Å². The van der Waals surface area contributed by atoms with Gasteiger partial charge in [-0.1, -0.05) is 18.6 Å². The van der Waals surface area contributed by atoms with Crippen LogP contribution in [0.3, 0.4) is 0 Å². The molecule has 1 N–H and O–H groups in total. The van der Waals surface area contributed by atoms with Crippen molar-refractivity contribution in [2.45, 2.75) is 32.1 Å². The molecule has 0 saturated heterocycles. The quantitative estimate of drug-likeness (QED) is 0.861. The summed E-state index contributed by atoms with van der Waals surface area (Å²) in [5.74, 6) is -3.66. The van der Waals surface area contributed by atoms with Crippen LogP contribution in [-0.4, -0.2) is 11.1 Å². The van der Waals surface area contributed by atoms with Crippen molar-refractivity contribution in [3.8, 4) is 0 Å². The molecule has 2 unspecified atom stereocenters. The third kappa shape index (κ3) is 2.04. The van der Waals surface area contributed by atoms with Gasteiger partial charge in [0.1, 0.15) is 0 Å². The van der Waals surface area contributed by atoms with E-state index in [1.807, 2.05) is 0 Å². The molecule has 0 spiro atoms. The van der Waals surface area contributed by atoms with Gasteiger partial charge in [0.2, 0.25) is 0 Å². The number of rotatable bonds is 2. The molecule has 0 amide bonds. The largest absolute Gasteiger partial charge is 0.481 e. The van der Waals surface area contributed by atoms with Crippen LogP contribution in [0.5, 0.6) is 0 Å². The first-order valence-electron chi connectivity index (χ1n) is 5.69. The van der Waals surface area contributed by atoms with Crippen LogP contribution in [0.25, 0.3) is 0 Å². The molecule has 1 fully saturated rings. The van der Waals surface area contributed by atoms with E-state index in [4.69, 9.17) is 5.11 Å². The van der Waals surface area contributed by atoms with E-state index in [0.29, 0.717) is 12.8 Å². The van der Waals surface area contributed by atoms with Crippen LogP contribution in [0.1, 0.15) is 36.3 Å². The van der Waals surface area contributed by atoms with Gasteiger partial charge in [-0.25, -0.2) is 8.78 Å². The molecule has 0 bridgehead atoms. The van der Waals surface area contributed by atoms with E-state index in [0.717, 1.165) is 6.42 Å². The fourth-order valence-electron chi connectivity index (χ4n) is 2.58. The third-order valence-electron chi connectivity index (χ3n) is 3.54. The summed E-state index contributed by atoms with van der Waals surface area (Å²) in [5, 5.41) is 9.04. The average Bonchev–Trinajstić information content (AvgIpc) is 2.75. The zero-order valence-corrected chi connectivity index (χ0v) is 9.54. The number of hydrogen-bond donors (Lipinski definition) is 1. The maximum atomic E-state index is 13.8. The Labute approximate surface area is 98.3 Å². The van der Waals surface area contributed by atoms with Crippen LogP contribution in [0.4, 0.5) is 8.78 Å². The van der Waals surface area contributed by atoms with Gasteiger partial charge < -0.3 is 5.11 Å². The van der Waals surface area contributed by atoms with Crippen LogP contribution in [0, 0.1) is 24.5 Å². The highest BCUT2D eigenvalue weighted by atomic mass is 19.2. The van der Waals surface area contributed by atoms with Crippen LogP contribution >= 0.6 is 0 Å². The Bertz CT molecular complexity index is 457. The highest BCUT2D eigenvalue weighted by Crippen LogP contribution is 2.41. The van der Waals surface area contributed by atoms with Gasteiger partial charge in [-0.15, -0.1) is 0 Å². The van der Waals surface area contributed by atoms with Crippen molar-refractivity contribution >= 4 is 5.97 Å². The van der Waals surface area contributed by atoms with E-state index in [1.54, 1.807) is 0 Å². The Morgan fingerprint density at radius 2 is 2.00 bits per heavy atom. The molecule has 0 heterocycles. The molecule has 0 aliphatic heterocycles. The van der Waals surface area contributed by atoms with E-state index in [-0.39, 0.29) is 11.1 Å². The Hall–Kier alpha value is -1.45. The lowest BCUT2D eigenvalue weighted by molar-refractivity contribution is -0.142. The summed E-state index contributed by atoms with van der Waals surface area (Å²) < 4.78 is 27.2. The minimum Gasteiger partial charge on any atom is -0.481 e. The predicted octanol–water partition coefficient (Wildman–Crippen LogP) is 3.24. The highest BCUT2D eigenvalue weighted by molar-refractivity contribution is 5.72. The van der Waals surface area contributed by atoms with Crippen molar-refractivity contribution < 1.29 is 18.7 Å². The topological polar surface area (TPSA) is 37.3 Å². The maximum absolute atomic E-state index is 13.8. The molecule has 4 heteroatoms. The van der Waals surface area contributed by atoms with Gasteiger partial charge in [-0.2, -0.15) is 0 Å². The molecule has 1 aliphatic carbocycles. The van der Waals surface area contributed by atoms with Crippen molar-refractivity contribution in [3.05, 3.63) is 34.9 Å². The summed E-state index contributed by atoms with van der Waals surface area (Å²) in [5.41, 5.74) is 0.453. The first kappa shape index (κ1) is 12.0.